The minimum atomic E-state index is -0.876. The Balaban J connectivity index is 1.50. The van der Waals surface area contributed by atoms with Gasteiger partial charge in [0.2, 0.25) is 5.82 Å². The Labute approximate surface area is 163 Å². The Bertz CT molecular complexity index is 1000. The van der Waals surface area contributed by atoms with Gasteiger partial charge in [0.25, 0.3) is 5.91 Å². The van der Waals surface area contributed by atoms with Crippen molar-refractivity contribution < 1.29 is 9.90 Å². The number of carbonyl (C=O) groups is 1. The molecule has 0 bridgehead atoms. The molecular weight excluding hydrogens is 352 g/mol. The average molecular weight is 376 g/mol. The third-order valence-electron chi connectivity index (χ3n) is 6.51. The van der Waals surface area contributed by atoms with E-state index < -0.39 is 5.60 Å². The zero-order valence-corrected chi connectivity index (χ0v) is 15.7. The molecule has 6 nitrogen and oxygen atoms in total. The molecule has 1 saturated carbocycles. The number of carbonyl (C=O) groups excluding carboxylic acids is 1. The van der Waals surface area contributed by atoms with Gasteiger partial charge in [0, 0.05) is 30.9 Å². The third-order valence-corrected chi connectivity index (χ3v) is 6.51. The maximum atomic E-state index is 13.4. The summed E-state index contributed by atoms with van der Waals surface area (Å²) in [5.74, 6) is 0.378. The minimum Gasteiger partial charge on any atom is -0.385 e. The number of piperidine rings is 1. The fourth-order valence-electron chi connectivity index (χ4n) is 5.15. The highest BCUT2D eigenvalue weighted by Crippen LogP contribution is 2.47. The van der Waals surface area contributed by atoms with Crippen molar-refractivity contribution in [3.8, 4) is 0 Å². The van der Waals surface area contributed by atoms with Gasteiger partial charge in [-0.2, -0.15) is 0 Å². The molecule has 1 aliphatic carbocycles. The van der Waals surface area contributed by atoms with Crippen LogP contribution in [0.15, 0.2) is 55.0 Å². The van der Waals surface area contributed by atoms with E-state index in [1.165, 1.54) is 0 Å². The van der Waals surface area contributed by atoms with E-state index in [2.05, 4.69) is 9.97 Å². The molecule has 3 heterocycles. The molecular formula is C22H24N4O2. The van der Waals surface area contributed by atoms with Gasteiger partial charge in [0.15, 0.2) is 5.65 Å². The van der Waals surface area contributed by atoms with Gasteiger partial charge in [0.1, 0.15) is 0 Å². The highest BCUT2D eigenvalue weighted by molar-refractivity contribution is 5.92. The normalized spacial score (nSPS) is 27.5. The molecule has 6 heteroatoms. The van der Waals surface area contributed by atoms with Crippen LogP contribution in [0.5, 0.6) is 0 Å². The Kier molecular flexibility index (Phi) is 4.16. The van der Waals surface area contributed by atoms with Gasteiger partial charge < -0.3 is 10.0 Å². The van der Waals surface area contributed by atoms with E-state index in [9.17, 15) is 9.90 Å². The molecule has 3 aromatic rings. The average Bonchev–Trinajstić information content (AvgIpc) is 3.19. The summed E-state index contributed by atoms with van der Waals surface area (Å²) in [7, 11) is 0. The van der Waals surface area contributed by atoms with Crippen molar-refractivity contribution in [2.45, 2.75) is 43.7 Å². The predicted octanol–water partition coefficient (Wildman–Crippen LogP) is 3.02. The van der Waals surface area contributed by atoms with E-state index in [-0.39, 0.29) is 17.9 Å². The molecule has 3 atom stereocenters. The Morgan fingerprint density at radius 3 is 2.79 bits per heavy atom. The number of imidazole rings is 1. The number of rotatable bonds is 2. The van der Waals surface area contributed by atoms with E-state index in [0.29, 0.717) is 24.4 Å². The first-order chi connectivity index (χ1) is 13.7. The van der Waals surface area contributed by atoms with Crippen molar-refractivity contribution in [2.75, 3.05) is 6.54 Å². The topological polar surface area (TPSA) is 70.7 Å². The van der Waals surface area contributed by atoms with Gasteiger partial charge >= 0.3 is 0 Å². The third kappa shape index (κ3) is 2.63. The quantitative estimate of drug-likeness (QED) is 0.746. The summed E-state index contributed by atoms with van der Waals surface area (Å²) in [5, 5.41) is 11.7. The first-order valence-electron chi connectivity index (χ1n) is 10.1. The maximum absolute atomic E-state index is 13.4. The Morgan fingerprint density at radius 1 is 1.11 bits per heavy atom. The largest absolute Gasteiger partial charge is 0.385 e. The van der Waals surface area contributed by atoms with E-state index in [1.54, 1.807) is 22.9 Å². The van der Waals surface area contributed by atoms with Crippen molar-refractivity contribution >= 4 is 11.6 Å². The summed E-state index contributed by atoms with van der Waals surface area (Å²) in [6.45, 7) is 0.528. The van der Waals surface area contributed by atoms with Crippen LogP contribution in [0.25, 0.3) is 5.65 Å². The number of hydrogen-bond donors (Lipinski definition) is 1. The molecule has 5 rings (SSSR count). The van der Waals surface area contributed by atoms with Gasteiger partial charge in [-0.05, 0) is 30.9 Å². The second kappa shape index (κ2) is 6.71. The highest BCUT2D eigenvalue weighted by Gasteiger charge is 2.50. The summed E-state index contributed by atoms with van der Waals surface area (Å²) in [6, 6.07) is 11.8. The lowest BCUT2D eigenvalue weighted by Crippen LogP contribution is -2.59. The van der Waals surface area contributed by atoms with Gasteiger partial charge in [0.05, 0.1) is 11.8 Å². The van der Waals surface area contributed by atoms with E-state index in [0.717, 1.165) is 31.2 Å². The lowest BCUT2D eigenvalue weighted by atomic mass is 9.66. The summed E-state index contributed by atoms with van der Waals surface area (Å²) in [4.78, 5) is 24.0. The summed E-state index contributed by atoms with van der Waals surface area (Å²) >= 11 is 0. The van der Waals surface area contributed by atoms with Crippen molar-refractivity contribution in [3.63, 3.8) is 0 Å². The van der Waals surface area contributed by atoms with Gasteiger partial charge in [-0.25, -0.2) is 9.97 Å². The molecule has 1 unspecified atom stereocenters. The molecule has 1 saturated heterocycles. The molecule has 28 heavy (non-hydrogen) atoms. The fourth-order valence-corrected chi connectivity index (χ4v) is 5.15. The van der Waals surface area contributed by atoms with Crippen LogP contribution in [0.4, 0.5) is 0 Å². The second-order valence-corrected chi connectivity index (χ2v) is 7.93. The van der Waals surface area contributed by atoms with E-state index in [4.69, 9.17) is 0 Å². The van der Waals surface area contributed by atoms with Crippen LogP contribution >= 0.6 is 0 Å². The first kappa shape index (κ1) is 17.4. The van der Waals surface area contributed by atoms with Crippen LogP contribution < -0.4 is 0 Å². The highest BCUT2D eigenvalue weighted by atomic mass is 16.3. The van der Waals surface area contributed by atoms with Crippen LogP contribution in [-0.2, 0) is 5.60 Å². The SMILES string of the molecule is O=C(c1ncc2ncccn12)N1CC[C@@](O)(c2ccccc2)[C@@H]2CCCCC21. The zero-order chi connectivity index (χ0) is 19.1. The number of amides is 1. The molecule has 144 valence electrons. The lowest BCUT2D eigenvalue weighted by molar-refractivity contribution is -0.110. The Morgan fingerprint density at radius 2 is 1.93 bits per heavy atom. The Hall–Kier alpha value is -2.73. The monoisotopic (exact) mass is 376 g/mol. The number of benzene rings is 1. The number of aromatic nitrogens is 3. The van der Waals surface area contributed by atoms with Gasteiger partial charge in [-0.1, -0.05) is 43.2 Å². The number of aliphatic hydroxyl groups is 1. The molecule has 2 fully saturated rings. The standard InChI is InChI=1S/C22H24N4O2/c27-21(20-24-15-19-23-12-6-13-26(19)20)25-14-11-22(28,16-7-2-1-3-8-16)17-9-4-5-10-18(17)25/h1-3,6-8,12-13,15,17-18,28H,4-5,9-11,14H2/t17-,18?,22-/m1/s1. The number of nitrogens with zero attached hydrogens (tertiary/aromatic N) is 4. The molecule has 1 aromatic carbocycles. The van der Waals surface area contributed by atoms with Gasteiger partial charge in [-0.3, -0.25) is 9.20 Å². The van der Waals surface area contributed by atoms with E-state index in [1.807, 2.05) is 41.4 Å². The second-order valence-electron chi connectivity index (χ2n) is 7.93. The number of hydrogen-bond acceptors (Lipinski definition) is 4. The zero-order valence-electron chi connectivity index (χ0n) is 15.7. The minimum absolute atomic E-state index is 0.0317. The van der Waals surface area contributed by atoms with Crippen LogP contribution in [0.2, 0.25) is 0 Å². The molecule has 2 aromatic heterocycles. The first-order valence-corrected chi connectivity index (χ1v) is 10.1. The summed E-state index contributed by atoms with van der Waals surface area (Å²) < 4.78 is 1.75. The fraction of sp³-hybridized carbons (Fsp3) is 0.409. The van der Waals surface area contributed by atoms with Crippen molar-refractivity contribution in [3.05, 3.63) is 66.4 Å². The predicted molar refractivity (Wildman–Crippen MR) is 105 cm³/mol. The summed E-state index contributed by atoms with van der Waals surface area (Å²) in [5.41, 5.74) is 0.762. The van der Waals surface area contributed by atoms with Gasteiger partial charge in [-0.15, -0.1) is 0 Å². The van der Waals surface area contributed by atoms with Crippen molar-refractivity contribution in [1.29, 1.82) is 0 Å². The number of fused-ring (bicyclic) bond motifs is 2. The lowest BCUT2D eigenvalue weighted by Gasteiger charge is -2.52. The van der Waals surface area contributed by atoms with E-state index >= 15 is 0 Å². The number of likely N-dealkylation sites (tertiary alicyclic amines) is 1. The van der Waals surface area contributed by atoms with Crippen LogP contribution in [0, 0.1) is 5.92 Å². The molecule has 1 aliphatic heterocycles. The van der Waals surface area contributed by atoms with Crippen LogP contribution in [-0.4, -0.2) is 42.9 Å². The molecule has 0 radical (unpaired) electrons. The maximum Gasteiger partial charge on any atom is 0.290 e. The van der Waals surface area contributed by atoms with Crippen molar-refractivity contribution in [2.24, 2.45) is 5.92 Å². The molecule has 1 amide bonds. The summed E-state index contributed by atoms with van der Waals surface area (Å²) in [6.07, 6.45) is 9.74. The van der Waals surface area contributed by atoms with Crippen LogP contribution in [0.3, 0.4) is 0 Å². The molecule has 0 spiro atoms. The van der Waals surface area contributed by atoms with Crippen molar-refractivity contribution in [1.82, 2.24) is 19.3 Å². The molecule has 1 N–H and O–H groups in total. The van der Waals surface area contributed by atoms with Crippen LogP contribution in [0.1, 0.15) is 48.3 Å². The molecule has 2 aliphatic rings. The smallest absolute Gasteiger partial charge is 0.290 e.